The molecule has 12 heavy (non-hydrogen) atoms. The van der Waals surface area contributed by atoms with Gasteiger partial charge in [-0.15, -0.1) is 11.8 Å². The lowest BCUT2D eigenvalue weighted by molar-refractivity contribution is -0.143. The lowest BCUT2D eigenvalue weighted by Crippen LogP contribution is -2.02. The largest absolute Gasteiger partial charge is 0.466 e. The fourth-order valence-corrected chi connectivity index (χ4v) is 0.841. The fourth-order valence-electron chi connectivity index (χ4n) is 0.841. The molecule has 0 heterocycles. The molecule has 0 aromatic rings. The highest BCUT2D eigenvalue weighted by atomic mass is 16.5. The van der Waals surface area contributed by atoms with E-state index in [-0.39, 0.29) is 5.97 Å². The summed E-state index contributed by atoms with van der Waals surface area (Å²) >= 11 is 0. The van der Waals surface area contributed by atoms with Gasteiger partial charge in [0.05, 0.1) is 6.61 Å². The number of unbranched alkanes of at least 4 members (excludes halogenated alkanes) is 2. The van der Waals surface area contributed by atoms with Crippen LogP contribution in [0, 0.1) is 11.8 Å². The van der Waals surface area contributed by atoms with Gasteiger partial charge in [-0.3, -0.25) is 4.79 Å². The Morgan fingerprint density at radius 1 is 1.42 bits per heavy atom. The molecule has 0 amide bonds. The second-order valence-corrected chi connectivity index (χ2v) is 2.44. The van der Waals surface area contributed by atoms with Gasteiger partial charge >= 0.3 is 5.97 Å². The summed E-state index contributed by atoms with van der Waals surface area (Å²) in [6, 6.07) is 0. The third-order valence-electron chi connectivity index (χ3n) is 1.41. The molecule has 0 fully saturated rings. The van der Waals surface area contributed by atoms with Gasteiger partial charge in [-0.2, -0.15) is 0 Å². The zero-order chi connectivity index (χ0) is 9.23. The van der Waals surface area contributed by atoms with Crippen LogP contribution in [0.2, 0.25) is 0 Å². The Labute approximate surface area is 74.3 Å². The van der Waals surface area contributed by atoms with Crippen molar-refractivity contribution < 1.29 is 9.53 Å². The van der Waals surface area contributed by atoms with E-state index in [1.165, 1.54) is 0 Å². The smallest absolute Gasteiger partial charge is 0.305 e. The van der Waals surface area contributed by atoms with Crippen LogP contribution in [0.25, 0.3) is 0 Å². The van der Waals surface area contributed by atoms with Gasteiger partial charge in [-0.05, 0) is 26.7 Å². The number of hydrogen-bond acceptors (Lipinski definition) is 2. The Hall–Kier alpha value is -0.970. The standard InChI is InChI=1S/C10H16O2/c1-3-5-6-7-8-9-10(11)12-4-2/h4,6-9H2,1-2H3. The lowest BCUT2D eigenvalue weighted by atomic mass is 10.2. The van der Waals surface area contributed by atoms with Crippen molar-refractivity contribution in [1.29, 1.82) is 0 Å². The summed E-state index contributed by atoms with van der Waals surface area (Å²) in [5.74, 6) is 5.67. The Balaban J connectivity index is 3.17. The highest BCUT2D eigenvalue weighted by molar-refractivity contribution is 5.69. The molecule has 0 rings (SSSR count). The van der Waals surface area contributed by atoms with Gasteiger partial charge in [0, 0.05) is 12.8 Å². The molecule has 0 atom stereocenters. The normalized spacial score (nSPS) is 8.50. The molecule has 0 N–H and O–H groups in total. The Morgan fingerprint density at radius 2 is 2.17 bits per heavy atom. The van der Waals surface area contributed by atoms with Crippen molar-refractivity contribution in [2.45, 2.75) is 39.5 Å². The zero-order valence-corrected chi connectivity index (χ0v) is 7.85. The average molecular weight is 168 g/mol. The maximum atomic E-state index is 10.8. The monoisotopic (exact) mass is 168 g/mol. The third kappa shape index (κ3) is 7.14. The quantitative estimate of drug-likeness (QED) is 0.357. The molecule has 0 saturated carbocycles. The van der Waals surface area contributed by atoms with Gasteiger partial charge in [0.15, 0.2) is 0 Å². The van der Waals surface area contributed by atoms with Gasteiger partial charge in [-0.1, -0.05) is 0 Å². The first kappa shape index (κ1) is 11.0. The first-order valence-electron chi connectivity index (χ1n) is 4.36. The first-order chi connectivity index (χ1) is 5.81. The molecule has 0 aromatic heterocycles. The van der Waals surface area contributed by atoms with E-state index >= 15 is 0 Å². The lowest BCUT2D eigenvalue weighted by Gasteiger charge is -1.99. The Morgan fingerprint density at radius 3 is 2.75 bits per heavy atom. The molecule has 2 nitrogen and oxygen atoms in total. The van der Waals surface area contributed by atoms with Crippen molar-refractivity contribution in [1.82, 2.24) is 0 Å². The summed E-state index contributed by atoms with van der Waals surface area (Å²) < 4.78 is 4.77. The molecule has 0 unspecified atom stereocenters. The van der Waals surface area contributed by atoms with Crippen molar-refractivity contribution in [3.05, 3.63) is 0 Å². The van der Waals surface area contributed by atoms with Gasteiger partial charge in [-0.25, -0.2) is 0 Å². The van der Waals surface area contributed by atoms with Gasteiger partial charge in [0.1, 0.15) is 0 Å². The Bertz CT molecular complexity index is 174. The summed E-state index contributed by atoms with van der Waals surface area (Å²) in [7, 11) is 0. The summed E-state index contributed by atoms with van der Waals surface area (Å²) in [6.45, 7) is 4.12. The van der Waals surface area contributed by atoms with Gasteiger partial charge < -0.3 is 4.74 Å². The molecule has 0 aliphatic carbocycles. The molecule has 0 aliphatic heterocycles. The molecule has 68 valence electrons. The van der Waals surface area contributed by atoms with E-state index in [2.05, 4.69) is 11.8 Å². The summed E-state index contributed by atoms with van der Waals surface area (Å²) in [4.78, 5) is 10.8. The number of carbonyl (C=O) groups excluding carboxylic acids is 1. The first-order valence-corrected chi connectivity index (χ1v) is 4.36. The third-order valence-corrected chi connectivity index (χ3v) is 1.41. The topological polar surface area (TPSA) is 26.3 Å². The Kier molecular flexibility index (Phi) is 7.47. The van der Waals surface area contributed by atoms with Crippen LogP contribution in [0.15, 0.2) is 0 Å². The number of ether oxygens (including phenoxy) is 1. The van der Waals surface area contributed by atoms with E-state index in [1.807, 2.05) is 13.8 Å². The second-order valence-electron chi connectivity index (χ2n) is 2.44. The highest BCUT2D eigenvalue weighted by Gasteiger charge is 1.99. The molecular formula is C10H16O2. The number of rotatable bonds is 5. The molecule has 0 aliphatic rings. The van der Waals surface area contributed by atoms with Crippen molar-refractivity contribution >= 4 is 5.97 Å². The van der Waals surface area contributed by atoms with E-state index in [4.69, 9.17) is 4.74 Å². The van der Waals surface area contributed by atoms with Crippen molar-refractivity contribution in [3.63, 3.8) is 0 Å². The van der Waals surface area contributed by atoms with E-state index in [0.29, 0.717) is 13.0 Å². The van der Waals surface area contributed by atoms with Gasteiger partial charge in [0.2, 0.25) is 0 Å². The van der Waals surface area contributed by atoms with E-state index in [9.17, 15) is 4.79 Å². The van der Waals surface area contributed by atoms with Gasteiger partial charge in [0.25, 0.3) is 0 Å². The predicted molar refractivity (Wildman–Crippen MR) is 48.6 cm³/mol. The fraction of sp³-hybridized carbons (Fsp3) is 0.700. The van der Waals surface area contributed by atoms with Crippen LogP contribution in [-0.4, -0.2) is 12.6 Å². The summed E-state index contributed by atoms with van der Waals surface area (Å²) in [5.41, 5.74) is 0. The molecule has 0 aromatic carbocycles. The minimum absolute atomic E-state index is 0.0954. The average Bonchev–Trinajstić information content (AvgIpc) is 2.05. The number of hydrogen-bond donors (Lipinski definition) is 0. The SMILES string of the molecule is CC#CCCCCC(=O)OCC. The molecule has 0 bridgehead atoms. The van der Waals surface area contributed by atoms with Crippen LogP contribution in [0.4, 0.5) is 0 Å². The maximum absolute atomic E-state index is 10.8. The van der Waals surface area contributed by atoms with Crippen LogP contribution in [0.1, 0.15) is 39.5 Å². The van der Waals surface area contributed by atoms with Crippen molar-refractivity contribution in [2.24, 2.45) is 0 Å². The molecule has 0 saturated heterocycles. The zero-order valence-electron chi connectivity index (χ0n) is 7.85. The van der Waals surface area contributed by atoms with E-state index in [0.717, 1.165) is 19.3 Å². The predicted octanol–water partition coefficient (Wildman–Crippen LogP) is 2.13. The minimum Gasteiger partial charge on any atom is -0.466 e. The minimum atomic E-state index is -0.0954. The highest BCUT2D eigenvalue weighted by Crippen LogP contribution is 2.00. The van der Waals surface area contributed by atoms with Crippen LogP contribution < -0.4 is 0 Å². The molecular weight excluding hydrogens is 152 g/mol. The summed E-state index contributed by atoms with van der Waals surface area (Å²) in [5, 5.41) is 0. The molecule has 0 radical (unpaired) electrons. The molecule has 2 heteroatoms. The second kappa shape index (κ2) is 8.13. The van der Waals surface area contributed by atoms with Crippen molar-refractivity contribution in [3.8, 4) is 11.8 Å². The van der Waals surface area contributed by atoms with Crippen LogP contribution in [0.3, 0.4) is 0 Å². The van der Waals surface area contributed by atoms with E-state index in [1.54, 1.807) is 0 Å². The maximum Gasteiger partial charge on any atom is 0.305 e. The van der Waals surface area contributed by atoms with E-state index < -0.39 is 0 Å². The van der Waals surface area contributed by atoms with Crippen LogP contribution in [0.5, 0.6) is 0 Å². The number of esters is 1. The molecule has 0 spiro atoms. The summed E-state index contributed by atoms with van der Waals surface area (Å²) in [6.07, 6.45) is 3.28. The van der Waals surface area contributed by atoms with Crippen molar-refractivity contribution in [2.75, 3.05) is 6.61 Å². The van der Waals surface area contributed by atoms with Crippen LogP contribution in [-0.2, 0) is 9.53 Å². The number of carbonyl (C=O) groups is 1. The van der Waals surface area contributed by atoms with Crippen LogP contribution >= 0.6 is 0 Å².